The van der Waals surface area contributed by atoms with Gasteiger partial charge in [-0.15, -0.1) is 0 Å². The highest BCUT2D eigenvalue weighted by Crippen LogP contribution is 2.49. The van der Waals surface area contributed by atoms with Gasteiger partial charge >= 0.3 is 0 Å². The van der Waals surface area contributed by atoms with Crippen LogP contribution in [-0.4, -0.2) is 48.5 Å². The lowest BCUT2D eigenvalue weighted by Gasteiger charge is -2.39. The Morgan fingerprint density at radius 1 is 0.875 bits per heavy atom. The first kappa shape index (κ1) is 33.8. The predicted molar refractivity (Wildman–Crippen MR) is 199 cm³/mol. The van der Waals surface area contributed by atoms with Crippen LogP contribution in [0.3, 0.4) is 0 Å². The van der Waals surface area contributed by atoms with Crippen LogP contribution in [0.1, 0.15) is 57.8 Å². The summed E-state index contributed by atoms with van der Waals surface area (Å²) in [4.78, 5) is 20.7. The zero-order valence-corrected chi connectivity index (χ0v) is 29.6. The number of carbonyl (C=O) groups is 1. The summed E-state index contributed by atoms with van der Waals surface area (Å²) >= 11 is 9.89. The van der Waals surface area contributed by atoms with Crippen molar-refractivity contribution in [1.29, 1.82) is 0 Å². The van der Waals surface area contributed by atoms with Crippen molar-refractivity contribution in [2.45, 2.75) is 30.8 Å². The van der Waals surface area contributed by atoms with Crippen molar-refractivity contribution >= 4 is 55.0 Å². The summed E-state index contributed by atoms with van der Waals surface area (Å²) in [5, 5.41) is 16.8. The number of hydrogen-bond acceptors (Lipinski definition) is 5. The van der Waals surface area contributed by atoms with Crippen molar-refractivity contribution in [3.63, 3.8) is 0 Å². The zero-order chi connectivity index (χ0) is 33.8. The standard InChI is InChI=1S/C41H38BrClN2O3/c1-45(2)23-7-6-22-41(47,36-15-9-11-27-10-4-5-14-34(27)36)38(28-16-19-33(43)20-17-28)35-26-31-24-30(18-21-37(31)44-40(35)48-3)39(46)29-12-8-13-32(42)25-29/h4-5,8-21,24-26,38,47H,6-7,22-23H2,1-3H3. The minimum Gasteiger partial charge on any atom is -0.481 e. The Labute approximate surface area is 295 Å². The number of unbranched alkanes of at least 4 members (excludes halogenated alkanes) is 1. The van der Waals surface area contributed by atoms with Gasteiger partial charge in [0.1, 0.15) is 5.60 Å². The van der Waals surface area contributed by atoms with E-state index in [1.165, 1.54) is 0 Å². The third kappa shape index (κ3) is 7.03. The van der Waals surface area contributed by atoms with E-state index >= 15 is 0 Å². The van der Waals surface area contributed by atoms with Crippen molar-refractivity contribution in [3.8, 4) is 5.88 Å². The molecule has 0 saturated heterocycles. The first-order valence-electron chi connectivity index (χ1n) is 16.1. The normalized spacial score (nSPS) is 13.5. The molecule has 6 aromatic rings. The first-order chi connectivity index (χ1) is 23.2. The van der Waals surface area contributed by atoms with E-state index in [0.29, 0.717) is 34.0 Å². The summed E-state index contributed by atoms with van der Waals surface area (Å²) in [6.07, 6.45) is 2.20. The first-order valence-corrected chi connectivity index (χ1v) is 17.2. The minimum absolute atomic E-state index is 0.0852. The molecule has 48 heavy (non-hydrogen) atoms. The second-order valence-corrected chi connectivity index (χ2v) is 13.9. The molecule has 244 valence electrons. The largest absolute Gasteiger partial charge is 0.481 e. The molecule has 1 aromatic heterocycles. The van der Waals surface area contributed by atoms with Crippen LogP contribution in [0.4, 0.5) is 0 Å². The topological polar surface area (TPSA) is 62.7 Å². The van der Waals surface area contributed by atoms with Crippen LogP contribution >= 0.6 is 27.5 Å². The monoisotopic (exact) mass is 720 g/mol. The quantitative estimate of drug-likeness (QED) is 0.101. The van der Waals surface area contributed by atoms with Gasteiger partial charge in [-0.1, -0.05) is 94.3 Å². The fraction of sp³-hybridized carbons (Fsp3) is 0.220. The Bertz CT molecular complexity index is 2080. The van der Waals surface area contributed by atoms with Gasteiger partial charge in [0.15, 0.2) is 5.78 Å². The van der Waals surface area contributed by atoms with E-state index in [1.54, 1.807) is 13.2 Å². The number of ether oxygens (including phenoxy) is 1. The Hall–Kier alpha value is -4.07. The molecule has 0 radical (unpaired) electrons. The van der Waals surface area contributed by atoms with E-state index in [2.05, 4.69) is 53.1 Å². The molecule has 1 heterocycles. The van der Waals surface area contributed by atoms with Crippen molar-refractivity contribution in [2.75, 3.05) is 27.7 Å². The number of fused-ring (bicyclic) bond motifs is 2. The maximum Gasteiger partial charge on any atom is 0.217 e. The second-order valence-electron chi connectivity index (χ2n) is 12.5. The van der Waals surface area contributed by atoms with Gasteiger partial charge in [-0.05, 0) is 110 Å². The van der Waals surface area contributed by atoms with Crippen LogP contribution in [0.5, 0.6) is 5.88 Å². The maximum absolute atomic E-state index is 13.6. The van der Waals surface area contributed by atoms with Crippen molar-refractivity contribution in [1.82, 2.24) is 9.88 Å². The molecule has 5 aromatic carbocycles. The van der Waals surface area contributed by atoms with E-state index in [4.69, 9.17) is 21.3 Å². The molecule has 0 saturated carbocycles. The number of methoxy groups -OCH3 is 1. The summed E-state index contributed by atoms with van der Waals surface area (Å²) in [6, 6.07) is 36.9. The molecule has 0 aliphatic rings. The zero-order valence-electron chi connectivity index (χ0n) is 27.3. The fourth-order valence-corrected chi connectivity index (χ4v) is 7.24. The van der Waals surface area contributed by atoms with E-state index < -0.39 is 11.5 Å². The summed E-state index contributed by atoms with van der Waals surface area (Å²) < 4.78 is 6.83. The molecular weight excluding hydrogens is 684 g/mol. The highest BCUT2D eigenvalue weighted by Gasteiger charge is 2.43. The average molecular weight is 722 g/mol. The molecule has 2 unspecified atom stereocenters. The number of aromatic nitrogens is 1. The molecule has 0 aliphatic carbocycles. The van der Waals surface area contributed by atoms with E-state index in [-0.39, 0.29) is 5.78 Å². The smallest absolute Gasteiger partial charge is 0.217 e. The van der Waals surface area contributed by atoms with E-state index in [0.717, 1.165) is 56.7 Å². The lowest BCUT2D eigenvalue weighted by atomic mass is 9.70. The third-order valence-electron chi connectivity index (χ3n) is 9.01. The second kappa shape index (κ2) is 14.6. The summed E-state index contributed by atoms with van der Waals surface area (Å²) in [6.45, 7) is 0.910. The third-order valence-corrected chi connectivity index (χ3v) is 9.76. The number of nitrogens with zero attached hydrogens (tertiary/aromatic N) is 2. The molecular formula is C41H38BrClN2O3. The van der Waals surface area contributed by atoms with Gasteiger partial charge in [-0.3, -0.25) is 4.79 Å². The Kier molecular flexibility index (Phi) is 10.3. The van der Waals surface area contributed by atoms with Crippen LogP contribution in [0.25, 0.3) is 21.7 Å². The van der Waals surface area contributed by atoms with Crippen molar-refractivity contribution in [2.24, 2.45) is 0 Å². The van der Waals surface area contributed by atoms with Gasteiger partial charge in [-0.25, -0.2) is 4.98 Å². The highest BCUT2D eigenvalue weighted by molar-refractivity contribution is 9.10. The summed E-state index contributed by atoms with van der Waals surface area (Å²) in [5.41, 5.74) is 2.91. The number of pyridine rings is 1. The van der Waals surface area contributed by atoms with Crippen LogP contribution in [0.15, 0.2) is 120 Å². The molecule has 5 nitrogen and oxygen atoms in total. The van der Waals surface area contributed by atoms with Crippen LogP contribution < -0.4 is 4.74 Å². The number of benzene rings is 5. The summed E-state index contributed by atoms with van der Waals surface area (Å²) in [7, 11) is 5.74. The maximum atomic E-state index is 13.6. The molecule has 1 N–H and O–H groups in total. The number of carbonyl (C=O) groups excluding carboxylic acids is 1. The molecule has 0 spiro atoms. The van der Waals surface area contributed by atoms with Crippen molar-refractivity contribution < 1.29 is 14.6 Å². The number of hydrogen-bond donors (Lipinski definition) is 1. The Morgan fingerprint density at radius 3 is 2.35 bits per heavy atom. The minimum atomic E-state index is -1.37. The van der Waals surface area contributed by atoms with E-state index in [9.17, 15) is 9.90 Å². The lowest BCUT2D eigenvalue weighted by Crippen LogP contribution is -2.35. The molecule has 0 bridgehead atoms. The Morgan fingerprint density at radius 2 is 1.60 bits per heavy atom. The lowest BCUT2D eigenvalue weighted by molar-refractivity contribution is 0.00821. The Balaban J connectivity index is 1.58. The molecule has 0 aliphatic heterocycles. The fourth-order valence-electron chi connectivity index (χ4n) is 6.71. The molecule has 2 atom stereocenters. The number of rotatable bonds is 12. The predicted octanol–water partition coefficient (Wildman–Crippen LogP) is 9.80. The number of aliphatic hydroxyl groups is 1. The molecule has 6 rings (SSSR count). The van der Waals surface area contributed by atoms with E-state index in [1.807, 2.05) is 91.0 Å². The van der Waals surface area contributed by atoms with Crippen molar-refractivity contribution in [3.05, 3.63) is 153 Å². The van der Waals surface area contributed by atoms with Gasteiger partial charge in [0.2, 0.25) is 5.88 Å². The molecule has 7 heteroatoms. The van der Waals surface area contributed by atoms with Gasteiger partial charge in [0, 0.05) is 37.5 Å². The van der Waals surface area contributed by atoms with Crippen LogP contribution in [0.2, 0.25) is 5.02 Å². The molecule has 0 amide bonds. The van der Waals surface area contributed by atoms with Gasteiger partial charge < -0.3 is 14.7 Å². The van der Waals surface area contributed by atoms with Crippen LogP contribution in [-0.2, 0) is 5.60 Å². The number of halogens is 2. The van der Waals surface area contributed by atoms with Crippen LogP contribution in [0, 0.1) is 0 Å². The number of ketones is 1. The van der Waals surface area contributed by atoms with Gasteiger partial charge in [-0.2, -0.15) is 0 Å². The van der Waals surface area contributed by atoms with Gasteiger partial charge in [0.05, 0.1) is 12.6 Å². The van der Waals surface area contributed by atoms with Gasteiger partial charge in [0.25, 0.3) is 0 Å². The molecule has 0 fully saturated rings. The summed E-state index contributed by atoms with van der Waals surface area (Å²) in [5.74, 6) is -0.255. The SMILES string of the molecule is COc1nc2ccc(C(=O)c3cccc(Br)c3)cc2cc1C(c1ccc(Cl)cc1)C(O)(CCCCN(C)C)c1cccc2ccccc12. The average Bonchev–Trinajstić information content (AvgIpc) is 3.10. The highest BCUT2D eigenvalue weighted by atomic mass is 79.9.